The fourth-order valence-corrected chi connectivity index (χ4v) is 3.88. The van der Waals surface area contributed by atoms with Crippen LogP contribution in [0.1, 0.15) is 51.9 Å². The number of fused-ring (bicyclic) bond motifs is 1. The predicted octanol–water partition coefficient (Wildman–Crippen LogP) is 3.27. The highest BCUT2D eigenvalue weighted by molar-refractivity contribution is 9.10. The molecule has 9 heteroatoms. The molecule has 0 atom stereocenters. The highest BCUT2D eigenvalue weighted by Crippen LogP contribution is 2.26. The molecule has 0 saturated heterocycles. The molecule has 136 valence electrons. The number of amides is 3. The van der Waals surface area contributed by atoms with Crippen molar-refractivity contribution in [1.29, 1.82) is 0 Å². The van der Waals surface area contributed by atoms with E-state index >= 15 is 0 Å². The van der Waals surface area contributed by atoms with Crippen LogP contribution in [0, 0.1) is 0 Å². The average molecular weight is 437 g/mol. The third kappa shape index (κ3) is 3.99. The summed E-state index contributed by atoms with van der Waals surface area (Å²) in [4.78, 5) is 37.9. The monoisotopic (exact) mass is 436 g/mol. The molecule has 0 aliphatic carbocycles. The molecule has 0 unspecified atom stereocenters. The van der Waals surface area contributed by atoms with Crippen LogP contribution in [0.4, 0.5) is 5.13 Å². The van der Waals surface area contributed by atoms with Gasteiger partial charge in [-0.25, -0.2) is 0 Å². The van der Waals surface area contributed by atoms with Crippen molar-refractivity contribution in [3.63, 3.8) is 0 Å². The molecule has 1 aliphatic heterocycles. The summed E-state index contributed by atoms with van der Waals surface area (Å²) in [5, 5.41) is 12.0. The smallest absolute Gasteiger partial charge is 0.261 e. The number of rotatable bonds is 7. The standard InChI is InChI=1S/C17H17BrN4O3S/c1-2-4-14-20-21-17(26-14)19-13(23)5-3-8-22-15(24)11-7-6-10(18)9-12(11)16(22)25/h6-7,9H,2-5,8H2,1H3,(H,19,21,23). The van der Waals surface area contributed by atoms with Crippen molar-refractivity contribution in [3.8, 4) is 0 Å². The molecule has 0 radical (unpaired) electrons. The van der Waals surface area contributed by atoms with Crippen LogP contribution in [0.25, 0.3) is 0 Å². The fraction of sp³-hybridized carbons (Fsp3) is 0.353. The number of benzene rings is 1. The summed E-state index contributed by atoms with van der Waals surface area (Å²) in [6, 6.07) is 5.01. The Balaban J connectivity index is 1.51. The van der Waals surface area contributed by atoms with E-state index in [0.29, 0.717) is 22.7 Å². The number of aryl methyl sites for hydroxylation is 1. The second-order valence-electron chi connectivity index (χ2n) is 5.85. The van der Waals surface area contributed by atoms with Crippen LogP contribution in [0.2, 0.25) is 0 Å². The summed E-state index contributed by atoms with van der Waals surface area (Å²) in [6.07, 6.45) is 2.39. The molecule has 1 N–H and O–H groups in total. The quantitative estimate of drug-likeness (QED) is 0.672. The Morgan fingerprint density at radius 3 is 2.77 bits per heavy atom. The van der Waals surface area contributed by atoms with E-state index in [4.69, 9.17) is 0 Å². The maximum Gasteiger partial charge on any atom is 0.261 e. The molecule has 0 fully saturated rings. The predicted molar refractivity (Wildman–Crippen MR) is 101 cm³/mol. The van der Waals surface area contributed by atoms with Crippen LogP contribution in [-0.2, 0) is 11.2 Å². The first-order chi connectivity index (χ1) is 12.5. The van der Waals surface area contributed by atoms with Gasteiger partial charge < -0.3 is 5.32 Å². The number of hydrogen-bond acceptors (Lipinski definition) is 6. The van der Waals surface area contributed by atoms with E-state index in [-0.39, 0.29) is 30.7 Å². The van der Waals surface area contributed by atoms with Crippen molar-refractivity contribution in [2.45, 2.75) is 32.6 Å². The van der Waals surface area contributed by atoms with Gasteiger partial charge in [0.05, 0.1) is 11.1 Å². The Morgan fingerprint density at radius 2 is 2.00 bits per heavy atom. The highest BCUT2D eigenvalue weighted by Gasteiger charge is 2.35. The van der Waals surface area contributed by atoms with Crippen molar-refractivity contribution in [1.82, 2.24) is 15.1 Å². The number of imide groups is 1. The van der Waals surface area contributed by atoms with Crippen molar-refractivity contribution in [3.05, 3.63) is 38.8 Å². The van der Waals surface area contributed by atoms with Crippen LogP contribution < -0.4 is 5.32 Å². The summed E-state index contributed by atoms with van der Waals surface area (Å²) >= 11 is 4.66. The first-order valence-electron chi connectivity index (χ1n) is 8.27. The van der Waals surface area contributed by atoms with E-state index in [2.05, 4.69) is 38.4 Å². The molecular formula is C17H17BrN4O3S. The van der Waals surface area contributed by atoms with E-state index in [1.54, 1.807) is 18.2 Å². The minimum Gasteiger partial charge on any atom is -0.301 e. The largest absolute Gasteiger partial charge is 0.301 e. The van der Waals surface area contributed by atoms with Gasteiger partial charge in [-0.05, 0) is 31.0 Å². The number of nitrogens with zero attached hydrogens (tertiary/aromatic N) is 3. The van der Waals surface area contributed by atoms with Crippen LogP contribution in [0.5, 0.6) is 0 Å². The summed E-state index contributed by atoms with van der Waals surface area (Å²) in [5.41, 5.74) is 0.797. The lowest BCUT2D eigenvalue weighted by molar-refractivity contribution is -0.116. The maximum atomic E-state index is 12.4. The number of aromatic nitrogens is 2. The molecule has 0 saturated carbocycles. The second kappa shape index (κ2) is 8.05. The van der Waals surface area contributed by atoms with Gasteiger partial charge in [-0.2, -0.15) is 0 Å². The van der Waals surface area contributed by atoms with Gasteiger partial charge >= 0.3 is 0 Å². The molecule has 7 nitrogen and oxygen atoms in total. The number of carbonyl (C=O) groups is 3. The minimum absolute atomic E-state index is 0.194. The molecule has 1 aromatic heterocycles. The Bertz CT molecular complexity index is 867. The Hall–Kier alpha value is -2.13. The normalized spacial score (nSPS) is 13.2. The van der Waals surface area contributed by atoms with Crippen LogP contribution >= 0.6 is 27.3 Å². The number of hydrogen-bond donors (Lipinski definition) is 1. The molecule has 0 spiro atoms. The van der Waals surface area contributed by atoms with Crippen molar-refractivity contribution in [2.24, 2.45) is 0 Å². The first-order valence-corrected chi connectivity index (χ1v) is 9.88. The number of anilines is 1. The number of nitrogens with one attached hydrogen (secondary N) is 1. The van der Waals surface area contributed by atoms with E-state index in [1.807, 2.05) is 0 Å². The van der Waals surface area contributed by atoms with Crippen LogP contribution in [0.3, 0.4) is 0 Å². The SMILES string of the molecule is CCCc1nnc(NC(=O)CCCN2C(=O)c3ccc(Br)cc3C2=O)s1. The lowest BCUT2D eigenvalue weighted by atomic mass is 10.1. The van der Waals surface area contributed by atoms with Gasteiger partial charge in [-0.15, -0.1) is 10.2 Å². The van der Waals surface area contributed by atoms with E-state index < -0.39 is 0 Å². The Morgan fingerprint density at radius 1 is 1.23 bits per heavy atom. The summed E-state index contributed by atoms with van der Waals surface area (Å²) in [5.74, 6) is -0.838. The molecule has 3 rings (SSSR count). The molecular weight excluding hydrogens is 420 g/mol. The van der Waals surface area contributed by atoms with Gasteiger partial charge in [0.25, 0.3) is 11.8 Å². The average Bonchev–Trinajstić information content (AvgIpc) is 3.13. The van der Waals surface area contributed by atoms with Gasteiger partial charge in [0.15, 0.2) is 0 Å². The summed E-state index contributed by atoms with van der Waals surface area (Å²) in [6.45, 7) is 2.26. The zero-order chi connectivity index (χ0) is 18.7. The highest BCUT2D eigenvalue weighted by atomic mass is 79.9. The zero-order valence-corrected chi connectivity index (χ0v) is 16.5. The maximum absolute atomic E-state index is 12.4. The number of halogens is 1. The molecule has 2 heterocycles. The second-order valence-corrected chi connectivity index (χ2v) is 7.83. The fourth-order valence-electron chi connectivity index (χ4n) is 2.66. The third-order valence-electron chi connectivity index (χ3n) is 3.90. The van der Waals surface area contributed by atoms with Gasteiger partial charge in [-0.3, -0.25) is 19.3 Å². The van der Waals surface area contributed by atoms with Gasteiger partial charge in [0.2, 0.25) is 11.0 Å². The molecule has 26 heavy (non-hydrogen) atoms. The topological polar surface area (TPSA) is 92.3 Å². The van der Waals surface area contributed by atoms with Gasteiger partial charge in [0, 0.05) is 23.9 Å². The van der Waals surface area contributed by atoms with E-state index in [9.17, 15) is 14.4 Å². The Kier molecular flexibility index (Phi) is 5.77. The molecule has 1 aliphatic rings. The van der Waals surface area contributed by atoms with E-state index in [0.717, 1.165) is 22.3 Å². The van der Waals surface area contributed by atoms with Gasteiger partial charge in [0.1, 0.15) is 5.01 Å². The summed E-state index contributed by atoms with van der Waals surface area (Å²) in [7, 11) is 0. The van der Waals surface area contributed by atoms with E-state index in [1.165, 1.54) is 16.2 Å². The number of carbonyl (C=O) groups excluding carboxylic acids is 3. The molecule has 0 bridgehead atoms. The minimum atomic E-state index is -0.319. The van der Waals surface area contributed by atoms with Crippen LogP contribution in [-0.4, -0.2) is 39.4 Å². The summed E-state index contributed by atoms with van der Waals surface area (Å²) < 4.78 is 0.748. The lowest BCUT2D eigenvalue weighted by Crippen LogP contribution is -2.31. The first kappa shape index (κ1) is 18.7. The zero-order valence-electron chi connectivity index (χ0n) is 14.1. The van der Waals surface area contributed by atoms with Crippen molar-refractivity contribution < 1.29 is 14.4 Å². The van der Waals surface area contributed by atoms with Crippen molar-refractivity contribution in [2.75, 3.05) is 11.9 Å². The Labute approximate surface area is 162 Å². The van der Waals surface area contributed by atoms with Crippen molar-refractivity contribution >= 4 is 50.1 Å². The third-order valence-corrected chi connectivity index (χ3v) is 5.29. The lowest BCUT2D eigenvalue weighted by Gasteiger charge is -2.13. The molecule has 1 aromatic carbocycles. The van der Waals surface area contributed by atoms with Gasteiger partial charge in [-0.1, -0.05) is 34.2 Å². The molecule has 3 amide bonds. The van der Waals surface area contributed by atoms with Crippen LogP contribution in [0.15, 0.2) is 22.7 Å². The molecule has 2 aromatic rings.